The van der Waals surface area contributed by atoms with E-state index in [0.29, 0.717) is 16.7 Å². The maximum Gasteiger partial charge on any atom is 0.304 e. The zero-order chi connectivity index (χ0) is 18.1. The summed E-state index contributed by atoms with van der Waals surface area (Å²) in [5, 5.41) is 24.6. The van der Waals surface area contributed by atoms with Crippen molar-refractivity contribution in [1.29, 1.82) is 0 Å². The van der Waals surface area contributed by atoms with Crippen LogP contribution in [0.5, 0.6) is 5.75 Å². The lowest BCUT2D eigenvalue weighted by atomic mass is 10.1. The van der Waals surface area contributed by atoms with E-state index in [1.165, 1.54) is 23.1 Å². The number of para-hydroxylation sites is 1. The molecule has 0 bridgehead atoms. The van der Waals surface area contributed by atoms with Gasteiger partial charge in [0, 0.05) is 0 Å². The monoisotopic (exact) mass is 386 g/mol. The first-order chi connectivity index (χ1) is 12.7. The average molecular weight is 386 g/mol. The molecule has 1 atom stereocenters. The molecule has 4 rings (SSSR count). The normalized spacial score (nSPS) is 16.0. The number of carboxylic acid groups (broad SMARTS) is 1. The lowest BCUT2D eigenvalue weighted by Gasteiger charge is -2.21. The first-order valence-corrected chi connectivity index (χ1v) is 9.53. The van der Waals surface area contributed by atoms with Gasteiger partial charge in [0.15, 0.2) is 5.82 Å². The van der Waals surface area contributed by atoms with E-state index in [4.69, 9.17) is 9.84 Å². The number of hydrogen-bond acceptors (Lipinski definition) is 7. The SMILES string of the molecule is COc1ccccc1-c1nnc2n1N=C(c1cccs1)[C@@H](CC(=O)O)S2. The van der Waals surface area contributed by atoms with Gasteiger partial charge >= 0.3 is 5.97 Å². The van der Waals surface area contributed by atoms with Crippen LogP contribution in [0.1, 0.15) is 11.3 Å². The van der Waals surface area contributed by atoms with E-state index in [9.17, 15) is 9.90 Å². The standard InChI is InChI=1S/C17H14N4O3S2/c1-24-11-6-3-2-5-10(11)16-18-19-17-21(16)20-15(12-7-4-8-25-12)13(26-17)9-14(22)23/h2-8,13H,9H2,1H3,(H,22,23)/t13-/m1/s1. The zero-order valence-corrected chi connectivity index (χ0v) is 15.3. The van der Waals surface area contributed by atoms with E-state index in [2.05, 4.69) is 10.2 Å². The number of aromatic nitrogens is 3. The van der Waals surface area contributed by atoms with Crippen molar-refractivity contribution >= 4 is 34.8 Å². The first kappa shape index (κ1) is 16.8. The van der Waals surface area contributed by atoms with Crippen molar-refractivity contribution < 1.29 is 14.6 Å². The van der Waals surface area contributed by atoms with Gasteiger partial charge in [0.25, 0.3) is 0 Å². The summed E-state index contributed by atoms with van der Waals surface area (Å²) in [4.78, 5) is 12.2. The molecule has 0 amide bonds. The van der Waals surface area contributed by atoms with E-state index in [-0.39, 0.29) is 11.7 Å². The molecule has 0 unspecified atom stereocenters. The van der Waals surface area contributed by atoms with Crippen molar-refractivity contribution in [2.75, 3.05) is 7.11 Å². The molecule has 0 fully saturated rings. The fraction of sp³-hybridized carbons (Fsp3) is 0.176. The number of benzene rings is 1. The van der Waals surface area contributed by atoms with Gasteiger partial charge < -0.3 is 9.84 Å². The molecule has 26 heavy (non-hydrogen) atoms. The number of ether oxygens (including phenoxy) is 1. The molecular formula is C17H14N4O3S2. The van der Waals surface area contributed by atoms with Crippen molar-refractivity contribution in [1.82, 2.24) is 14.9 Å². The van der Waals surface area contributed by atoms with Crippen LogP contribution >= 0.6 is 23.1 Å². The van der Waals surface area contributed by atoms with Gasteiger partial charge in [0.2, 0.25) is 5.16 Å². The largest absolute Gasteiger partial charge is 0.496 e. The van der Waals surface area contributed by atoms with Crippen LogP contribution in [0.25, 0.3) is 11.4 Å². The number of nitrogens with zero attached hydrogens (tertiary/aromatic N) is 4. The van der Waals surface area contributed by atoms with Crippen LogP contribution in [0.15, 0.2) is 52.0 Å². The third-order valence-corrected chi connectivity index (χ3v) is 5.89. The Labute approximate surface area is 157 Å². The van der Waals surface area contributed by atoms with Gasteiger partial charge in [-0.05, 0) is 23.6 Å². The summed E-state index contributed by atoms with van der Waals surface area (Å²) in [6.45, 7) is 0. The maximum atomic E-state index is 11.3. The topological polar surface area (TPSA) is 89.6 Å². The second-order valence-electron chi connectivity index (χ2n) is 5.49. The summed E-state index contributed by atoms with van der Waals surface area (Å²) in [6.07, 6.45) is -0.0295. The molecule has 7 nitrogen and oxygen atoms in total. The molecule has 1 aliphatic heterocycles. The van der Waals surface area contributed by atoms with Crippen LogP contribution < -0.4 is 4.74 Å². The summed E-state index contributed by atoms with van der Waals surface area (Å²) >= 11 is 2.90. The van der Waals surface area contributed by atoms with E-state index >= 15 is 0 Å². The fourth-order valence-electron chi connectivity index (χ4n) is 2.71. The Morgan fingerprint density at radius 3 is 2.85 bits per heavy atom. The Hall–Kier alpha value is -2.65. The average Bonchev–Trinajstić information content (AvgIpc) is 3.30. The molecule has 0 spiro atoms. The van der Waals surface area contributed by atoms with Gasteiger partial charge in [-0.3, -0.25) is 4.79 Å². The highest BCUT2D eigenvalue weighted by Gasteiger charge is 2.31. The van der Waals surface area contributed by atoms with E-state index < -0.39 is 5.97 Å². The smallest absolute Gasteiger partial charge is 0.304 e. The molecule has 1 N–H and O–H groups in total. The van der Waals surface area contributed by atoms with E-state index in [1.807, 2.05) is 41.8 Å². The fourth-order valence-corrected chi connectivity index (χ4v) is 4.63. The molecule has 1 aromatic carbocycles. The molecule has 1 aliphatic rings. The number of hydrogen-bond donors (Lipinski definition) is 1. The van der Waals surface area contributed by atoms with Gasteiger partial charge in [0.05, 0.1) is 34.9 Å². The molecule has 2 aromatic heterocycles. The van der Waals surface area contributed by atoms with Crippen LogP contribution in [0.3, 0.4) is 0 Å². The number of aliphatic carboxylic acids is 1. The number of rotatable bonds is 5. The maximum absolute atomic E-state index is 11.3. The molecule has 0 aliphatic carbocycles. The number of fused-ring (bicyclic) bond motifs is 1. The quantitative estimate of drug-likeness (QED) is 0.724. The van der Waals surface area contributed by atoms with Gasteiger partial charge in [-0.1, -0.05) is 30.0 Å². The van der Waals surface area contributed by atoms with E-state index in [0.717, 1.165) is 16.2 Å². The first-order valence-electron chi connectivity index (χ1n) is 7.77. The van der Waals surface area contributed by atoms with Crippen molar-refractivity contribution in [3.8, 4) is 17.1 Å². The van der Waals surface area contributed by atoms with Gasteiger partial charge in [-0.25, -0.2) is 0 Å². The van der Waals surface area contributed by atoms with Gasteiger partial charge in [-0.15, -0.1) is 21.5 Å². The van der Waals surface area contributed by atoms with Crippen molar-refractivity contribution in [2.45, 2.75) is 16.8 Å². The van der Waals surface area contributed by atoms with Crippen LogP contribution in [0.2, 0.25) is 0 Å². The van der Waals surface area contributed by atoms with Gasteiger partial charge in [-0.2, -0.15) is 9.78 Å². The highest BCUT2D eigenvalue weighted by Crippen LogP contribution is 2.37. The molecule has 0 saturated carbocycles. The summed E-state index contributed by atoms with van der Waals surface area (Å²) in [6, 6.07) is 11.4. The molecule has 132 valence electrons. The number of thioether (sulfide) groups is 1. The third-order valence-electron chi connectivity index (χ3n) is 3.85. The number of methoxy groups -OCH3 is 1. The predicted molar refractivity (Wildman–Crippen MR) is 100 cm³/mol. The van der Waals surface area contributed by atoms with Crippen molar-refractivity contribution in [3.63, 3.8) is 0 Å². The van der Waals surface area contributed by atoms with Crippen LogP contribution in [-0.2, 0) is 4.79 Å². The second kappa shape index (κ2) is 6.93. The van der Waals surface area contributed by atoms with Gasteiger partial charge in [0.1, 0.15) is 5.75 Å². The molecule has 0 radical (unpaired) electrons. The minimum Gasteiger partial charge on any atom is -0.496 e. The number of carboxylic acids is 1. The van der Waals surface area contributed by atoms with Crippen LogP contribution in [0.4, 0.5) is 0 Å². The Bertz CT molecular complexity index is 982. The summed E-state index contributed by atoms with van der Waals surface area (Å²) in [7, 11) is 1.60. The van der Waals surface area contributed by atoms with Crippen LogP contribution in [-0.4, -0.2) is 44.0 Å². The highest BCUT2D eigenvalue weighted by atomic mass is 32.2. The molecule has 0 saturated heterocycles. The van der Waals surface area contributed by atoms with Crippen molar-refractivity contribution in [2.24, 2.45) is 5.10 Å². The van der Waals surface area contributed by atoms with E-state index in [1.54, 1.807) is 11.8 Å². The Kier molecular flexibility index (Phi) is 4.48. The lowest BCUT2D eigenvalue weighted by Crippen LogP contribution is -2.26. The summed E-state index contributed by atoms with van der Waals surface area (Å²) in [5.41, 5.74) is 1.50. The summed E-state index contributed by atoms with van der Waals surface area (Å²) < 4.78 is 7.08. The second-order valence-corrected chi connectivity index (χ2v) is 7.60. The molecule has 3 aromatic rings. The van der Waals surface area contributed by atoms with Crippen LogP contribution in [0, 0.1) is 0 Å². The summed E-state index contributed by atoms with van der Waals surface area (Å²) in [5.74, 6) is 0.366. The highest BCUT2D eigenvalue weighted by molar-refractivity contribution is 8.00. The Balaban J connectivity index is 1.84. The predicted octanol–water partition coefficient (Wildman–Crippen LogP) is 3.22. The Morgan fingerprint density at radius 2 is 2.12 bits per heavy atom. The molecular weight excluding hydrogens is 372 g/mol. The Morgan fingerprint density at radius 1 is 1.27 bits per heavy atom. The number of thiophene rings is 1. The van der Waals surface area contributed by atoms with Crippen molar-refractivity contribution in [3.05, 3.63) is 46.7 Å². The zero-order valence-electron chi connectivity index (χ0n) is 13.7. The lowest BCUT2D eigenvalue weighted by molar-refractivity contribution is -0.136. The minimum atomic E-state index is -0.871. The number of carbonyl (C=O) groups is 1. The molecule has 3 heterocycles. The molecule has 9 heteroatoms. The minimum absolute atomic E-state index is 0.0295. The third kappa shape index (κ3) is 2.99.